The largest absolute Gasteiger partial charge is 0.496 e. The van der Waals surface area contributed by atoms with E-state index in [1.54, 1.807) is 7.11 Å². The fraction of sp³-hybridized carbons (Fsp3) is 0.562. The number of ether oxygens (including phenoxy) is 1. The van der Waals surface area contributed by atoms with Crippen LogP contribution in [0, 0.1) is 12.8 Å². The Morgan fingerprint density at radius 2 is 2.20 bits per heavy atom. The summed E-state index contributed by atoms with van der Waals surface area (Å²) in [6.07, 6.45) is 2.20. The van der Waals surface area contributed by atoms with Crippen LogP contribution in [0.4, 0.5) is 0 Å². The van der Waals surface area contributed by atoms with E-state index in [0.717, 1.165) is 30.7 Å². The summed E-state index contributed by atoms with van der Waals surface area (Å²) in [5, 5.41) is 0. The molecule has 20 heavy (non-hydrogen) atoms. The monoisotopic (exact) mass is 276 g/mol. The van der Waals surface area contributed by atoms with E-state index in [1.807, 2.05) is 30.0 Å². The van der Waals surface area contributed by atoms with Crippen LogP contribution < -0.4 is 10.5 Å². The van der Waals surface area contributed by atoms with Crippen molar-refractivity contribution in [1.82, 2.24) is 4.90 Å². The summed E-state index contributed by atoms with van der Waals surface area (Å²) in [5.74, 6) is 1.25. The number of nitrogens with zero attached hydrogens (tertiary/aromatic N) is 1. The normalized spacial score (nSPS) is 22.1. The topological polar surface area (TPSA) is 55.6 Å². The maximum atomic E-state index is 12.6. The fourth-order valence-electron chi connectivity index (χ4n) is 2.98. The van der Waals surface area contributed by atoms with Crippen molar-refractivity contribution in [1.29, 1.82) is 0 Å². The number of amides is 1. The zero-order chi connectivity index (χ0) is 14.7. The van der Waals surface area contributed by atoms with Gasteiger partial charge in [-0.05, 0) is 31.4 Å². The van der Waals surface area contributed by atoms with Gasteiger partial charge < -0.3 is 15.4 Å². The SMILES string of the molecule is CCC[C@@H]1CN(C(=O)c2cccc(OC)c2C)C[C@H]1N. The average molecular weight is 276 g/mol. The molecule has 1 heterocycles. The molecule has 2 atom stereocenters. The van der Waals surface area contributed by atoms with Crippen LogP contribution in [-0.4, -0.2) is 37.0 Å². The van der Waals surface area contributed by atoms with Crippen LogP contribution in [0.5, 0.6) is 5.75 Å². The van der Waals surface area contributed by atoms with Gasteiger partial charge in [0.05, 0.1) is 7.11 Å². The Balaban J connectivity index is 2.17. The molecule has 1 aromatic rings. The van der Waals surface area contributed by atoms with E-state index in [2.05, 4.69) is 6.92 Å². The zero-order valence-electron chi connectivity index (χ0n) is 12.6. The zero-order valence-corrected chi connectivity index (χ0v) is 12.6. The molecular weight excluding hydrogens is 252 g/mol. The molecule has 110 valence electrons. The number of methoxy groups -OCH3 is 1. The van der Waals surface area contributed by atoms with E-state index < -0.39 is 0 Å². The lowest BCUT2D eigenvalue weighted by Gasteiger charge is -2.18. The summed E-state index contributed by atoms with van der Waals surface area (Å²) < 4.78 is 5.28. The summed E-state index contributed by atoms with van der Waals surface area (Å²) >= 11 is 0. The highest BCUT2D eigenvalue weighted by atomic mass is 16.5. The predicted octanol–water partition coefficient (Wildman–Crippen LogP) is 2.20. The van der Waals surface area contributed by atoms with Crippen LogP contribution in [0.3, 0.4) is 0 Å². The number of carbonyl (C=O) groups excluding carboxylic acids is 1. The summed E-state index contributed by atoms with van der Waals surface area (Å²) in [6, 6.07) is 5.70. The Morgan fingerprint density at radius 1 is 1.45 bits per heavy atom. The lowest BCUT2D eigenvalue weighted by atomic mass is 9.99. The molecule has 0 aromatic heterocycles. The standard InChI is InChI=1S/C16H24N2O2/c1-4-6-12-9-18(10-14(12)17)16(19)13-7-5-8-15(20-3)11(13)2/h5,7-8,12,14H,4,6,9-10,17H2,1-3H3/t12-,14-/m1/s1. The Bertz CT molecular complexity index is 487. The molecule has 0 saturated carbocycles. The van der Waals surface area contributed by atoms with Crippen molar-refractivity contribution in [3.63, 3.8) is 0 Å². The first-order valence-electron chi connectivity index (χ1n) is 7.27. The van der Waals surface area contributed by atoms with Crippen molar-refractivity contribution in [2.75, 3.05) is 20.2 Å². The molecule has 1 aromatic carbocycles. The van der Waals surface area contributed by atoms with Crippen molar-refractivity contribution in [3.05, 3.63) is 29.3 Å². The molecular formula is C16H24N2O2. The molecule has 2 N–H and O–H groups in total. The number of hydrogen-bond donors (Lipinski definition) is 1. The Labute approximate surface area is 120 Å². The van der Waals surface area contributed by atoms with Gasteiger partial charge in [-0.1, -0.05) is 19.4 Å². The summed E-state index contributed by atoms with van der Waals surface area (Å²) in [4.78, 5) is 14.5. The van der Waals surface area contributed by atoms with Crippen molar-refractivity contribution in [2.45, 2.75) is 32.7 Å². The summed E-state index contributed by atoms with van der Waals surface area (Å²) in [6.45, 7) is 5.50. The highest BCUT2D eigenvalue weighted by molar-refractivity contribution is 5.96. The van der Waals surface area contributed by atoms with Crippen molar-refractivity contribution >= 4 is 5.91 Å². The van der Waals surface area contributed by atoms with E-state index in [9.17, 15) is 4.79 Å². The lowest BCUT2D eigenvalue weighted by molar-refractivity contribution is 0.0784. The van der Waals surface area contributed by atoms with Gasteiger partial charge in [0.25, 0.3) is 5.91 Å². The van der Waals surface area contributed by atoms with Gasteiger partial charge in [0.15, 0.2) is 0 Å². The van der Waals surface area contributed by atoms with Crippen molar-refractivity contribution in [3.8, 4) is 5.75 Å². The van der Waals surface area contributed by atoms with Crippen LogP contribution in [0.25, 0.3) is 0 Å². The maximum absolute atomic E-state index is 12.6. The van der Waals surface area contributed by atoms with Crippen LogP contribution >= 0.6 is 0 Å². The van der Waals surface area contributed by atoms with Gasteiger partial charge in [0, 0.05) is 30.3 Å². The number of hydrogen-bond acceptors (Lipinski definition) is 3. The quantitative estimate of drug-likeness (QED) is 0.917. The Kier molecular flexibility index (Phi) is 4.65. The highest BCUT2D eigenvalue weighted by Crippen LogP contribution is 2.26. The fourth-order valence-corrected chi connectivity index (χ4v) is 2.98. The van der Waals surface area contributed by atoms with Gasteiger partial charge in [0.1, 0.15) is 5.75 Å². The molecule has 0 spiro atoms. The molecule has 1 aliphatic rings. The van der Waals surface area contributed by atoms with Gasteiger partial charge in [-0.25, -0.2) is 0 Å². The highest BCUT2D eigenvalue weighted by Gasteiger charge is 2.33. The first-order valence-corrected chi connectivity index (χ1v) is 7.27. The number of carbonyl (C=O) groups is 1. The van der Waals surface area contributed by atoms with Crippen LogP contribution in [0.1, 0.15) is 35.7 Å². The maximum Gasteiger partial charge on any atom is 0.254 e. The minimum absolute atomic E-state index is 0.0652. The summed E-state index contributed by atoms with van der Waals surface area (Å²) in [7, 11) is 1.62. The molecule has 4 heteroatoms. The second kappa shape index (κ2) is 6.27. The molecule has 1 saturated heterocycles. The third kappa shape index (κ3) is 2.80. The first-order chi connectivity index (χ1) is 9.58. The first kappa shape index (κ1) is 14.9. The van der Waals surface area contributed by atoms with Gasteiger partial charge in [0.2, 0.25) is 0 Å². The lowest BCUT2D eigenvalue weighted by Crippen LogP contribution is -2.32. The number of likely N-dealkylation sites (tertiary alicyclic amines) is 1. The van der Waals surface area contributed by atoms with Crippen molar-refractivity contribution < 1.29 is 9.53 Å². The van der Waals surface area contributed by atoms with Gasteiger partial charge in [-0.2, -0.15) is 0 Å². The molecule has 0 unspecified atom stereocenters. The molecule has 1 fully saturated rings. The predicted molar refractivity (Wildman–Crippen MR) is 80.0 cm³/mol. The molecule has 0 aliphatic carbocycles. The van der Waals surface area contributed by atoms with E-state index in [-0.39, 0.29) is 11.9 Å². The van der Waals surface area contributed by atoms with E-state index in [0.29, 0.717) is 18.0 Å². The van der Waals surface area contributed by atoms with Crippen LogP contribution in [0.2, 0.25) is 0 Å². The second-order valence-corrected chi connectivity index (χ2v) is 5.56. The molecule has 0 radical (unpaired) electrons. The minimum atomic E-state index is 0.0652. The Hall–Kier alpha value is -1.55. The molecule has 1 amide bonds. The molecule has 2 rings (SSSR count). The smallest absolute Gasteiger partial charge is 0.254 e. The second-order valence-electron chi connectivity index (χ2n) is 5.56. The number of nitrogens with two attached hydrogens (primary N) is 1. The molecule has 1 aliphatic heterocycles. The van der Waals surface area contributed by atoms with Crippen LogP contribution in [0.15, 0.2) is 18.2 Å². The third-order valence-corrected chi connectivity index (χ3v) is 4.17. The van der Waals surface area contributed by atoms with Gasteiger partial charge in [-0.3, -0.25) is 4.79 Å². The van der Waals surface area contributed by atoms with Crippen LogP contribution in [-0.2, 0) is 0 Å². The van der Waals surface area contributed by atoms with E-state index in [4.69, 9.17) is 10.5 Å². The van der Waals surface area contributed by atoms with E-state index in [1.165, 1.54) is 0 Å². The number of rotatable bonds is 4. The Morgan fingerprint density at radius 3 is 2.85 bits per heavy atom. The van der Waals surface area contributed by atoms with Gasteiger partial charge in [-0.15, -0.1) is 0 Å². The molecule has 4 nitrogen and oxygen atoms in total. The molecule has 0 bridgehead atoms. The number of benzene rings is 1. The van der Waals surface area contributed by atoms with Gasteiger partial charge >= 0.3 is 0 Å². The third-order valence-electron chi connectivity index (χ3n) is 4.17. The summed E-state index contributed by atoms with van der Waals surface area (Å²) in [5.41, 5.74) is 7.76. The van der Waals surface area contributed by atoms with E-state index >= 15 is 0 Å². The average Bonchev–Trinajstić information content (AvgIpc) is 2.80. The minimum Gasteiger partial charge on any atom is -0.496 e. The van der Waals surface area contributed by atoms with Crippen molar-refractivity contribution in [2.24, 2.45) is 11.7 Å².